The fourth-order valence-electron chi connectivity index (χ4n) is 2.29. The number of pyridine rings is 1. The molecule has 1 fully saturated rings. The second-order valence-corrected chi connectivity index (χ2v) is 4.28. The fourth-order valence-corrected chi connectivity index (χ4v) is 2.29. The first-order chi connectivity index (χ1) is 7.79. The zero-order chi connectivity index (χ0) is 11.4. The molecule has 2 heterocycles. The second kappa shape index (κ2) is 5.16. The summed E-state index contributed by atoms with van der Waals surface area (Å²) in [5.74, 6) is 0.571. The fraction of sp³-hybridized carbons (Fsp3) is 0.583. The van der Waals surface area contributed by atoms with E-state index in [-0.39, 0.29) is 0 Å². The van der Waals surface area contributed by atoms with Crippen LogP contribution in [0.15, 0.2) is 18.3 Å². The maximum atomic E-state index is 5.54. The standard InChI is InChI=1S/C12H20N4/c1-2-16-7-3-4-11(16)9-14-10-5-6-12(13)15-8-10/h5-6,8,11,14H,2-4,7,9H2,1H3,(H2,13,15). The van der Waals surface area contributed by atoms with Crippen molar-refractivity contribution in [2.75, 3.05) is 30.7 Å². The molecular weight excluding hydrogens is 200 g/mol. The lowest BCUT2D eigenvalue weighted by molar-refractivity contribution is 0.277. The molecule has 4 heteroatoms. The van der Waals surface area contributed by atoms with Crippen molar-refractivity contribution < 1.29 is 0 Å². The number of nitrogens with two attached hydrogens (primary N) is 1. The first kappa shape index (κ1) is 11.2. The van der Waals surface area contributed by atoms with Gasteiger partial charge in [0.05, 0.1) is 11.9 Å². The molecule has 0 radical (unpaired) electrons. The average Bonchev–Trinajstić information content (AvgIpc) is 2.76. The molecule has 1 aromatic rings. The summed E-state index contributed by atoms with van der Waals surface area (Å²) in [4.78, 5) is 6.59. The molecule has 3 N–H and O–H groups in total. The molecule has 1 aromatic heterocycles. The van der Waals surface area contributed by atoms with Gasteiger partial charge in [-0.1, -0.05) is 6.92 Å². The topological polar surface area (TPSA) is 54.2 Å². The molecule has 88 valence electrons. The summed E-state index contributed by atoms with van der Waals surface area (Å²) in [6.45, 7) is 5.61. The van der Waals surface area contributed by atoms with Crippen LogP contribution in [0, 0.1) is 0 Å². The molecule has 0 amide bonds. The third-order valence-electron chi connectivity index (χ3n) is 3.23. The van der Waals surface area contributed by atoms with Gasteiger partial charge in [-0.25, -0.2) is 4.98 Å². The van der Waals surface area contributed by atoms with Gasteiger partial charge in [0.15, 0.2) is 0 Å². The molecule has 0 aromatic carbocycles. The van der Waals surface area contributed by atoms with E-state index in [9.17, 15) is 0 Å². The van der Waals surface area contributed by atoms with E-state index in [1.807, 2.05) is 12.1 Å². The van der Waals surface area contributed by atoms with Crippen LogP contribution in [-0.4, -0.2) is 35.6 Å². The molecule has 0 saturated carbocycles. The lowest BCUT2D eigenvalue weighted by Gasteiger charge is -2.23. The van der Waals surface area contributed by atoms with Gasteiger partial charge < -0.3 is 11.1 Å². The van der Waals surface area contributed by atoms with E-state index < -0.39 is 0 Å². The largest absolute Gasteiger partial charge is 0.384 e. The van der Waals surface area contributed by atoms with Crippen molar-refractivity contribution in [2.24, 2.45) is 0 Å². The average molecular weight is 220 g/mol. The predicted molar refractivity (Wildman–Crippen MR) is 67.4 cm³/mol. The number of anilines is 2. The molecule has 1 aliphatic heterocycles. The molecule has 1 unspecified atom stereocenters. The Kier molecular flexibility index (Phi) is 3.62. The summed E-state index contributed by atoms with van der Waals surface area (Å²) >= 11 is 0. The quantitative estimate of drug-likeness (QED) is 0.808. The Morgan fingerprint density at radius 1 is 1.56 bits per heavy atom. The zero-order valence-corrected chi connectivity index (χ0v) is 9.82. The number of hydrogen-bond donors (Lipinski definition) is 2. The Morgan fingerprint density at radius 2 is 2.44 bits per heavy atom. The third-order valence-corrected chi connectivity index (χ3v) is 3.23. The highest BCUT2D eigenvalue weighted by Crippen LogP contribution is 2.17. The van der Waals surface area contributed by atoms with Crippen molar-refractivity contribution in [1.29, 1.82) is 0 Å². The van der Waals surface area contributed by atoms with E-state index >= 15 is 0 Å². The van der Waals surface area contributed by atoms with Gasteiger partial charge in [0, 0.05) is 12.6 Å². The van der Waals surface area contributed by atoms with Crippen molar-refractivity contribution in [3.05, 3.63) is 18.3 Å². The van der Waals surface area contributed by atoms with Gasteiger partial charge in [-0.2, -0.15) is 0 Å². The summed E-state index contributed by atoms with van der Waals surface area (Å²) in [6.07, 6.45) is 4.41. The monoisotopic (exact) mass is 220 g/mol. The molecular formula is C12H20N4. The van der Waals surface area contributed by atoms with Gasteiger partial charge in [0.2, 0.25) is 0 Å². The minimum absolute atomic E-state index is 0.571. The van der Waals surface area contributed by atoms with Gasteiger partial charge >= 0.3 is 0 Å². The van der Waals surface area contributed by atoms with Crippen molar-refractivity contribution >= 4 is 11.5 Å². The third kappa shape index (κ3) is 2.64. The van der Waals surface area contributed by atoms with E-state index in [4.69, 9.17) is 5.73 Å². The molecule has 0 bridgehead atoms. The van der Waals surface area contributed by atoms with Crippen molar-refractivity contribution in [3.8, 4) is 0 Å². The van der Waals surface area contributed by atoms with Crippen LogP contribution in [0.5, 0.6) is 0 Å². The van der Waals surface area contributed by atoms with E-state index in [1.54, 1.807) is 6.20 Å². The van der Waals surface area contributed by atoms with Gasteiger partial charge in [-0.3, -0.25) is 4.90 Å². The molecule has 2 rings (SSSR count). The van der Waals surface area contributed by atoms with Crippen LogP contribution in [-0.2, 0) is 0 Å². The Bertz CT molecular complexity index is 322. The number of likely N-dealkylation sites (tertiary alicyclic amines) is 1. The number of aromatic nitrogens is 1. The summed E-state index contributed by atoms with van der Waals surface area (Å²) < 4.78 is 0. The number of likely N-dealkylation sites (N-methyl/N-ethyl adjacent to an activating group) is 1. The highest BCUT2D eigenvalue weighted by atomic mass is 15.2. The summed E-state index contributed by atoms with van der Waals surface area (Å²) in [5.41, 5.74) is 6.59. The smallest absolute Gasteiger partial charge is 0.123 e. The lowest BCUT2D eigenvalue weighted by atomic mass is 10.2. The number of nitrogens with one attached hydrogen (secondary N) is 1. The van der Waals surface area contributed by atoms with Crippen LogP contribution in [0.1, 0.15) is 19.8 Å². The molecule has 1 atom stereocenters. The Labute approximate surface area is 96.8 Å². The molecule has 1 aliphatic rings. The second-order valence-electron chi connectivity index (χ2n) is 4.28. The van der Waals surface area contributed by atoms with Gasteiger partial charge in [0.1, 0.15) is 5.82 Å². The van der Waals surface area contributed by atoms with Crippen molar-refractivity contribution in [1.82, 2.24) is 9.88 Å². The number of nitrogens with zero attached hydrogens (tertiary/aromatic N) is 2. The summed E-state index contributed by atoms with van der Waals surface area (Å²) in [5, 5.41) is 3.42. The van der Waals surface area contributed by atoms with Crippen LogP contribution in [0.3, 0.4) is 0 Å². The van der Waals surface area contributed by atoms with Crippen LogP contribution >= 0.6 is 0 Å². The van der Waals surface area contributed by atoms with Gasteiger partial charge in [0.25, 0.3) is 0 Å². The summed E-state index contributed by atoms with van der Waals surface area (Å²) in [6, 6.07) is 4.48. The number of nitrogen functional groups attached to an aromatic ring is 1. The minimum Gasteiger partial charge on any atom is -0.384 e. The highest BCUT2D eigenvalue weighted by Gasteiger charge is 2.22. The lowest BCUT2D eigenvalue weighted by Crippen LogP contribution is -2.34. The zero-order valence-electron chi connectivity index (χ0n) is 9.82. The molecule has 0 spiro atoms. The molecule has 16 heavy (non-hydrogen) atoms. The maximum absolute atomic E-state index is 5.54. The normalized spacial score (nSPS) is 21.2. The molecule has 1 saturated heterocycles. The highest BCUT2D eigenvalue weighted by molar-refractivity contribution is 5.45. The van der Waals surface area contributed by atoms with Crippen LogP contribution in [0.2, 0.25) is 0 Å². The first-order valence-electron chi connectivity index (χ1n) is 5.99. The first-order valence-corrected chi connectivity index (χ1v) is 5.99. The van der Waals surface area contributed by atoms with E-state index in [2.05, 4.69) is 22.1 Å². The van der Waals surface area contributed by atoms with Crippen molar-refractivity contribution in [2.45, 2.75) is 25.8 Å². The Morgan fingerprint density at radius 3 is 3.12 bits per heavy atom. The van der Waals surface area contributed by atoms with E-state index in [1.165, 1.54) is 19.4 Å². The Hall–Kier alpha value is -1.29. The van der Waals surface area contributed by atoms with Crippen LogP contribution in [0.4, 0.5) is 11.5 Å². The Balaban J connectivity index is 1.85. The number of hydrogen-bond acceptors (Lipinski definition) is 4. The van der Waals surface area contributed by atoms with Crippen LogP contribution < -0.4 is 11.1 Å². The van der Waals surface area contributed by atoms with Crippen LogP contribution in [0.25, 0.3) is 0 Å². The number of rotatable bonds is 4. The maximum Gasteiger partial charge on any atom is 0.123 e. The van der Waals surface area contributed by atoms with E-state index in [0.717, 1.165) is 18.8 Å². The molecule has 4 nitrogen and oxygen atoms in total. The summed E-state index contributed by atoms with van der Waals surface area (Å²) in [7, 11) is 0. The minimum atomic E-state index is 0.571. The van der Waals surface area contributed by atoms with Gasteiger partial charge in [-0.05, 0) is 38.1 Å². The predicted octanol–water partition coefficient (Wildman–Crippen LogP) is 1.56. The van der Waals surface area contributed by atoms with E-state index in [0.29, 0.717) is 11.9 Å². The molecule has 0 aliphatic carbocycles. The SMILES string of the molecule is CCN1CCCC1CNc1ccc(N)nc1. The van der Waals surface area contributed by atoms with Crippen molar-refractivity contribution in [3.63, 3.8) is 0 Å². The van der Waals surface area contributed by atoms with Gasteiger partial charge in [-0.15, -0.1) is 0 Å².